The second kappa shape index (κ2) is 8.18. The maximum absolute atomic E-state index is 12.6. The highest BCUT2D eigenvalue weighted by Crippen LogP contribution is 2.52. The monoisotopic (exact) mass is 341 g/mol. The Balaban J connectivity index is 1.86. The van der Waals surface area contributed by atoms with Gasteiger partial charge in [0, 0.05) is 5.92 Å². The van der Waals surface area contributed by atoms with Gasteiger partial charge in [-0.2, -0.15) is 0 Å². The average Bonchev–Trinajstić information content (AvgIpc) is 3.15. The molecule has 3 atom stereocenters. The smallest absolute Gasteiger partial charge is 0.310 e. The molecule has 0 bridgehead atoms. The number of rotatable bonds is 7. The second-order valence-electron chi connectivity index (χ2n) is 7.64. The average molecular weight is 341 g/mol. The van der Waals surface area contributed by atoms with E-state index in [1.54, 1.807) is 0 Å². The second-order valence-corrected chi connectivity index (χ2v) is 7.64. The molecule has 3 heteroatoms. The van der Waals surface area contributed by atoms with E-state index >= 15 is 0 Å². The first kappa shape index (κ1) is 18.2. The summed E-state index contributed by atoms with van der Waals surface area (Å²) < 4.78 is 0. The van der Waals surface area contributed by atoms with Crippen LogP contribution < -0.4 is 0 Å². The molecule has 0 spiro atoms. The Kier molecular flexibility index (Phi) is 5.95. The molecule has 0 aromatic heterocycles. The van der Waals surface area contributed by atoms with Crippen molar-refractivity contribution in [2.75, 3.05) is 19.6 Å². The van der Waals surface area contributed by atoms with Gasteiger partial charge in [0.25, 0.3) is 0 Å². The summed E-state index contributed by atoms with van der Waals surface area (Å²) in [5.74, 6) is -0.429. The van der Waals surface area contributed by atoms with Crippen LogP contribution in [-0.4, -0.2) is 35.6 Å². The fraction of sp³-hybridized carbons (Fsp3) is 0.591. The summed E-state index contributed by atoms with van der Waals surface area (Å²) in [5.41, 5.74) is 0.499. The predicted molar refractivity (Wildman–Crippen MR) is 102 cm³/mol. The minimum absolute atomic E-state index is 0.0692. The highest BCUT2D eigenvalue weighted by atomic mass is 16.4. The Hall–Kier alpha value is -1.61. The van der Waals surface area contributed by atoms with E-state index in [4.69, 9.17) is 0 Å². The van der Waals surface area contributed by atoms with Crippen LogP contribution >= 0.6 is 0 Å². The predicted octanol–water partition coefficient (Wildman–Crippen LogP) is 4.70. The molecule has 0 amide bonds. The van der Waals surface area contributed by atoms with Crippen molar-refractivity contribution < 1.29 is 9.90 Å². The molecule has 1 heterocycles. The molecule has 0 saturated carbocycles. The summed E-state index contributed by atoms with van der Waals surface area (Å²) in [6.45, 7) is 5.52. The van der Waals surface area contributed by atoms with Crippen LogP contribution in [0.5, 0.6) is 0 Å². The van der Waals surface area contributed by atoms with Gasteiger partial charge in [-0.1, -0.05) is 49.4 Å². The maximum atomic E-state index is 12.6. The molecule has 136 valence electrons. The Morgan fingerprint density at radius 3 is 2.60 bits per heavy atom. The number of hydrogen-bond donors (Lipinski definition) is 1. The molecule has 1 fully saturated rings. The van der Waals surface area contributed by atoms with Crippen LogP contribution in [0.25, 0.3) is 0 Å². The molecule has 3 rings (SSSR count). The molecular weight excluding hydrogens is 310 g/mol. The van der Waals surface area contributed by atoms with Gasteiger partial charge >= 0.3 is 5.97 Å². The summed E-state index contributed by atoms with van der Waals surface area (Å²) in [7, 11) is 0. The third-order valence-electron chi connectivity index (χ3n) is 6.33. The van der Waals surface area contributed by atoms with Crippen LogP contribution in [0.1, 0.15) is 56.9 Å². The number of aliphatic carboxylic acids is 1. The van der Waals surface area contributed by atoms with E-state index in [0.29, 0.717) is 0 Å². The zero-order valence-corrected chi connectivity index (χ0v) is 15.4. The van der Waals surface area contributed by atoms with Crippen molar-refractivity contribution in [3.63, 3.8) is 0 Å². The van der Waals surface area contributed by atoms with Gasteiger partial charge in [-0.05, 0) is 69.6 Å². The first-order chi connectivity index (χ1) is 12.2. The zero-order chi connectivity index (χ0) is 17.7. The van der Waals surface area contributed by atoms with Crippen LogP contribution in [0.3, 0.4) is 0 Å². The Morgan fingerprint density at radius 1 is 1.24 bits per heavy atom. The molecule has 3 unspecified atom stereocenters. The van der Waals surface area contributed by atoms with Gasteiger partial charge in [0.2, 0.25) is 0 Å². The van der Waals surface area contributed by atoms with Crippen molar-refractivity contribution in [1.82, 2.24) is 4.90 Å². The third-order valence-corrected chi connectivity index (χ3v) is 6.33. The number of carboxylic acids is 1. The zero-order valence-electron chi connectivity index (χ0n) is 15.4. The summed E-state index contributed by atoms with van der Waals surface area (Å²) >= 11 is 0. The normalized spacial score (nSPS) is 29.8. The van der Waals surface area contributed by atoms with E-state index < -0.39 is 11.4 Å². The number of nitrogens with zero attached hydrogens (tertiary/aromatic N) is 1. The number of hydrogen-bond acceptors (Lipinski definition) is 2. The molecule has 2 aliphatic rings. The minimum Gasteiger partial charge on any atom is -0.481 e. The van der Waals surface area contributed by atoms with Gasteiger partial charge in [0.05, 0.1) is 5.41 Å². The fourth-order valence-electron chi connectivity index (χ4n) is 5.01. The fourth-order valence-corrected chi connectivity index (χ4v) is 5.01. The van der Waals surface area contributed by atoms with Crippen molar-refractivity contribution in [1.29, 1.82) is 0 Å². The Labute approximate surface area is 151 Å². The maximum Gasteiger partial charge on any atom is 0.310 e. The van der Waals surface area contributed by atoms with Gasteiger partial charge in [-0.25, -0.2) is 0 Å². The van der Waals surface area contributed by atoms with Crippen molar-refractivity contribution >= 4 is 5.97 Å². The van der Waals surface area contributed by atoms with E-state index in [0.717, 1.165) is 32.2 Å². The van der Waals surface area contributed by atoms with Crippen LogP contribution in [0.15, 0.2) is 42.5 Å². The van der Waals surface area contributed by atoms with Crippen LogP contribution in [0.4, 0.5) is 0 Å². The van der Waals surface area contributed by atoms with E-state index in [2.05, 4.69) is 36.1 Å². The third kappa shape index (κ3) is 3.67. The standard InChI is InChI=1S/C22H31NO2/c1-2-19-12-8-13-20(18-10-4-3-5-11-18)22(19,21(24)25)14-9-17-23-15-6-7-16-23/h3-5,8,10-12,19-20H,2,6-7,9,13-17H2,1H3,(H,24,25). The van der Waals surface area contributed by atoms with Gasteiger partial charge in [-0.3, -0.25) is 4.79 Å². The molecule has 3 nitrogen and oxygen atoms in total. The largest absolute Gasteiger partial charge is 0.481 e. The van der Waals surface area contributed by atoms with Crippen LogP contribution in [-0.2, 0) is 4.79 Å². The van der Waals surface area contributed by atoms with Gasteiger partial charge in [0.1, 0.15) is 0 Å². The van der Waals surface area contributed by atoms with Gasteiger partial charge in [-0.15, -0.1) is 0 Å². The van der Waals surface area contributed by atoms with Crippen molar-refractivity contribution in [2.24, 2.45) is 11.3 Å². The highest BCUT2D eigenvalue weighted by Gasteiger charge is 2.51. The lowest BCUT2D eigenvalue weighted by atomic mass is 9.58. The summed E-state index contributed by atoms with van der Waals surface area (Å²) in [6.07, 6.45) is 10.4. The molecule has 1 N–H and O–H groups in total. The first-order valence-electron chi connectivity index (χ1n) is 9.86. The molecule has 1 aromatic carbocycles. The summed E-state index contributed by atoms with van der Waals surface area (Å²) in [5, 5.41) is 10.4. The van der Waals surface area contributed by atoms with Gasteiger partial charge in [0.15, 0.2) is 0 Å². The lowest BCUT2D eigenvalue weighted by Crippen LogP contribution is -2.45. The van der Waals surface area contributed by atoms with Crippen molar-refractivity contribution in [2.45, 2.75) is 51.4 Å². The SMILES string of the molecule is CCC1C=CCC(c2ccccc2)C1(CCCN1CCCC1)C(=O)O. The molecule has 1 aliphatic carbocycles. The van der Waals surface area contributed by atoms with Crippen molar-refractivity contribution in [3.05, 3.63) is 48.0 Å². The number of carboxylic acid groups (broad SMARTS) is 1. The molecule has 0 radical (unpaired) electrons. The van der Waals surface area contributed by atoms with Gasteiger partial charge < -0.3 is 10.0 Å². The number of carbonyl (C=O) groups is 1. The topological polar surface area (TPSA) is 40.5 Å². The van der Waals surface area contributed by atoms with Crippen molar-refractivity contribution in [3.8, 4) is 0 Å². The molecule has 25 heavy (non-hydrogen) atoms. The Morgan fingerprint density at radius 2 is 1.96 bits per heavy atom. The van der Waals surface area contributed by atoms with E-state index in [-0.39, 0.29) is 11.8 Å². The van der Waals surface area contributed by atoms with E-state index in [1.165, 1.54) is 31.5 Å². The molecule has 1 aromatic rings. The lowest BCUT2D eigenvalue weighted by Gasteiger charge is -2.45. The lowest BCUT2D eigenvalue weighted by molar-refractivity contribution is -0.155. The number of benzene rings is 1. The van der Waals surface area contributed by atoms with E-state index in [9.17, 15) is 9.90 Å². The highest BCUT2D eigenvalue weighted by molar-refractivity contribution is 5.77. The number of likely N-dealkylation sites (tertiary alicyclic amines) is 1. The molecule has 1 saturated heterocycles. The summed E-state index contributed by atoms with van der Waals surface area (Å²) in [4.78, 5) is 15.1. The quantitative estimate of drug-likeness (QED) is 0.731. The van der Waals surface area contributed by atoms with Crippen LogP contribution in [0.2, 0.25) is 0 Å². The number of allylic oxidation sites excluding steroid dienone is 2. The Bertz CT molecular complexity index is 591. The molecule has 1 aliphatic heterocycles. The first-order valence-corrected chi connectivity index (χ1v) is 9.86. The molecular formula is C22H31NO2. The minimum atomic E-state index is -0.676. The van der Waals surface area contributed by atoms with Crippen LogP contribution in [0, 0.1) is 11.3 Å². The summed E-state index contributed by atoms with van der Waals surface area (Å²) in [6, 6.07) is 10.3. The van der Waals surface area contributed by atoms with E-state index in [1.807, 2.05) is 18.2 Å².